The third kappa shape index (κ3) is 2.92. The summed E-state index contributed by atoms with van der Waals surface area (Å²) in [4.78, 5) is 4.20. The lowest BCUT2D eigenvalue weighted by Crippen LogP contribution is -2.48. The number of rotatable bonds is 4. The van der Waals surface area contributed by atoms with Gasteiger partial charge in [0.2, 0.25) is 0 Å². The van der Waals surface area contributed by atoms with Crippen molar-refractivity contribution in [2.75, 3.05) is 6.54 Å². The maximum atomic E-state index is 3.75. The minimum absolute atomic E-state index is 0.545. The molecule has 0 saturated carbocycles. The molecule has 3 heterocycles. The minimum atomic E-state index is 0.545. The van der Waals surface area contributed by atoms with Crippen molar-refractivity contribution >= 4 is 27.3 Å². The Labute approximate surface area is 128 Å². The van der Waals surface area contributed by atoms with E-state index in [-0.39, 0.29) is 0 Å². The molecule has 19 heavy (non-hydrogen) atoms. The summed E-state index contributed by atoms with van der Waals surface area (Å²) >= 11 is 5.47. The van der Waals surface area contributed by atoms with Crippen molar-refractivity contribution in [1.29, 1.82) is 0 Å². The van der Waals surface area contributed by atoms with Crippen molar-refractivity contribution in [3.63, 3.8) is 0 Å². The normalized spacial score (nSPS) is 31.9. The van der Waals surface area contributed by atoms with Gasteiger partial charge >= 0.3 is 0 Å². The largest absolute Gasteiger partial charge is 0.311 e. The van der Waals surface area contributed by atoms with Gasteiger partial charge in [-0.25, -0.2) is 0 Å². The average Bonchev–Trinajstić information content (AvgIpc) is 2.97. The van der Waals surface area contributed by atoms with Crippen LogP contribution in [-0.2, 0) is 0 Å². The molecule has 2 fully saturated rings. The Balaban J connectivity index is 1.73. The zero-order chi connectivity index (χ0) is 13.4. The second kappa shape index (κ2) is 5.84. The van der Waals surface area contributed by atoms with E-state index < -0.39 is 0 Å². The van der Waals surface area contributed by atoms with Crippen LogP contribution in [0.4, 0.5) is 0 Å². The summed E-state index contributed by atoms with van der Waals surface area (Å²) in [5.41, 5.74) is 0. The number of piperidine rings is 1. The van der Waals surface area contributed by atoms with E-state index >= 15 is 0 Å². The van der Waals surface area contributed by atoms with Gasteiger partial charge in [0, 0.05) is 29.0 Å². The number of halogens is 1. The third-order valence-electron chi connectivity index (χ3n) is 4.79. The zero-order valence-electron chi connectivity index (χ0n) is 11.7. The molecule has 0 radical (unpaired) electrons. The zero-order valence-corrected chi connectivity index (χ0v) is 14.1. The van der Waals surface area contributed by atoms with E-state index in [2.05, 4.69) is 52.1 Å². The maximum absolute atomic E-state index is 3.75. The van der Waals surface area contributed by atoms with E-state index in [1.807, 2.05) is 11.3 Å². The summed E-state index contributed by atoms with van der Waals surface area (Å²) in [7, 11) is 0. The fourth-order valence-electron chi connectivity index (χ4n) is 3.86. The number of hydrogen-bond acceptors (Lipinski definition) is 3. The van der Waals surface area contributed by atoms with Crippen LogP contribution >= 0.6 is 27.3 Å². The summed E-state index contributed by atoms with van der Waals surface area (Å²) in [6.07, 6.45) is 5.44. The highest BCUT2D eigenvalue weighted by molar-refractivity contribution is 9.11. The van der Waals surface area contributed by atoms with Gasteiger partial charge < -0.3 is 5.32 Å². The number of fused-ring (bicyclic) bond motifs is 2. The Kier molecular flexibility index (Phi) is 4.32. The first kappa shape index (κ1) is 14.1. The van der Waals surface area contributed by atoms with Gasteiger partial charge in [-0.3, -0.25) is 4.90 Å². The lowest BCUT2D eigenvalue weighted by molar-refractivity contribution is 0.109. The molecule has 106 valence electrons. The number of thiophene rings is 1. The molecule has 2 bridgehead atoms. The fraction of sp³-hybridized carbons (Fsp3) is 0.733. The predicted molar refractivity (Wildman–Crippen MR) is 85.8 cm³/mol. The van der Waals surface area contributed by atoms with Gasteiger partial charge in [0.05, 0.1) is 3.79 Å². The van der Waals surface area contributed by atoms with Gasteiger partial charge in [-0.15, -0.1) is 11.3 Å². The molecular weight excluding hydrogens is 320 g/mol. The fourth-order valence-corrected chi connectivity index (χ4v) is 5.36. The molecule has 4 heteroatoms. The van der Waals surface area contributed by atoms with Crippen LogP contribution in [-0.4, -0.2) is 29.6 Å². The molecule has 2 nitrogen and oxygen atoms in total. The highest BCUT2D eigenvalue weighted by Crippen LogP contribution is 2.36. The second-order valence-electron chi connectivity index (χ2n) is 5.91. The van der Waals surface area contributed by atoms with Crippen molar-refractivity contribution < 1.29 is 0 Å². The Morgan fingerprint density at radius 3 is 2.58 bits per heavy atom. The molecule has 0 aromatic carbocycles. The molecule has 3 atom stereocenters. The van der Waals surface area contributed by atoms with Crippen LogP contribution in [0.3, 0.4) is 0 Å². The second-order valence-corrected chi connectivity index (χ2v) is 8.41. The molecule has 2 aliphatic rings. The van der Waals surface area contributed by atoms with Gasteiger partial charge in [-0.1, -0.05) is 6.92 Å². The van der Waals surface area contributed by atoms with E-state index in [1.165, 1.54) is 34.3 Å². The SMILES string of the molecule is CCN(C1CC2CCC(C1)N2)C(C)c1ccc(Br)s1. The highest BCUT2D eigenvalue weighted by Gasteiger charge is 2.37. The first-order valence-electron chi connectivity index (χ1n) is 7.44. The van der Waals surface area contributed by atoms with Crippen molar-refractivity contribution in [2.24, 2.45) is 0 Å². The van der Waals surface area contributed by atoms with Crippen molar-refractivity contribution in [3.05, 3.63) is 20.8 Å². The molecule has 0 amide bonds. The molecule has 2 aliphatic heterocycles. The molecule has 0 spiro atoms. The standard InChI is InChI=1S/C15H23BrN2S/c1-3-18(10(2)14-6-7-15(16)19-14)13-8-11-4-5-12(9-13)17-11/h6-7,10-13,17H,3-5,8-9H2,1-2H3. The minimum Gasteiger partial charge on any atom is -0.311 e. The molecule has 3 unspecified atom stereocenters. The van der Waals surface area contributed by atoms with Crippen LogP contribution in [0.25, 0.3) is 0 Å². The van der Waals surface area contributed by atoms with E-state index in [0.29, 0.717) is 6.04 Å². The van der Waals surface area contributed by atoms with Gasteiger partial charge in [-0.05, 0) is 67.2 Å². The van der Waals surface area contributed by atoms with Gasteiger partial charge in [0.25, 0.3) is 0 Å². The van der Waals surface area contributed by atoms with Crippen molar-refractivity contribution in [1.82, 2.24) is 10.2 Å². The Morgan fingerprint density at radius 2 is 2.05 bits per heavy atom. The van der Waals surface area contributed by atoms with Gasteiger partial charge in [0.15, 0.2) is 0 Å². The number of nitrogens with zero attached hydrogens (tertiary/aromatic N) is 1. The van der Waals surface area contributed by atoms with E-state index in [9.17, 15) is 0 Å². The summed E-state index contributed by atoms with van der Waals surface area (Å²) < 4.78 is 1.25. The first-order valence-corrected chi connectivity index (χ1v) is 9.05. The molecular formula is C15H23BrN2S. The number of hydrogen-bond donors (Lipinski definition) is 1. The topological polar surface area (TPSA) is 15.3 Å². The summed E-state index contributed by atoms with van der Waals surface area (Å²) in [6, 6.07) is 7.32. The van der Waals surface area contributed by atoms with Crippen LogP contribution < -0.4 is 5.32 Å². The van der Waals surface area contributed by atoms with E-state index in [1.54, 1.807) is 0 Å². The Bertz CT molecular complexity index is 422. The van der Waals surface area contributed by atoms with Crippen molar-refractivity contribution in [2.45, 2.75) is 63.7 Å². The number of nitrogens with one attached hydrogen (secondary N) is 1. The molecule has 1 aromatic rings. The molecule has 1 N–H and O–H groups in total. The van der Waals surface area contributed by atoms with Crippen LogP contribution in [0.1, 0.15) is 50.4 Å². The van der Waals surface area contributed by atoms with Crippen LogP contribution in [0, 0.1) is 0 Å². The Morgan fingerprint density at radius 1 is 1.37 bits per heavy atom. The highest BCUT2D eigenvalue weighted by atomic mass is 79.9. The van der Waals surface area contributed by atoms with Crippen molar-refractivity contribution in [3.8, 4) is 0 Å². The van der Waals surface area contributed by atoms with E-state index in [4.69, 9.17) is 0 Å². The molecule has 3 rings (SSSR count). The first-order chi connectivity index (χ1) is 9.17. The van der Waals surface area contributed by atoms with Crippen LogP contribution in [0.2, 0.25) is 0 Å². The maximum Gasteiger partial charge on any atom is 0.0701 e. The van der Waals surface area contributed by atoms with Crippen LogP contribution in [0.15, 0.2) is 15.9 Å². The smallest absolute Gasteiger partial charge is 0.0701 e. The monoisotopic (exact) mass is 342 g/mol. The van der Waals surface area contributed by atoms with Gasteiger partial charge in [-0.2, -0.15) is 0 Å². The Hall–Kier alpha value is 0.1000. The molecule has 0 aliphatic carbocycles. The predicted octanol–water partition coefficient (Wildman–Crippen LogP) is 4.18. The van der Waals surface area contributed by atoms with Gasteiger partial charge in [0.1, 0.15) is 0 Å². The quantitative estimate of drug-likeness (QED) is 0.882. The third-order valence-corrected chi connectivity index (χ3v) is 6.58. The van der Waals surface area contributed by atoms with Crippen LogP contribution in [0.5, 0.6) is 0 Å². The van der Waals surface area contributed by atoms with E-state index in [0.717, 1.165) is 24.7 Å². The summed E-state index contributed by atoms with van der Waals surface area (Å²) in [5, 5.41) is 3.75. The average molecular weight is 343 g/mol. The lowest BCUT2D eigenvalue weighted by atomic mass is 9.96. The summed E-state index contributed by atoms with van der Waals surface area (Å²) in [6.45, 7) is 5.83. The molecule has 2 saturated heterocycles. The molecule has 1 aromatic heterocycles. The summed E-state index contributed by atoms with van der Waals surface area (Å²) in [5.74, 6) is 0. The lowest BCUT2D eigenvalue weighted by Gasteiger charge is -2.40.